The summed E-state index contributed by atoms with van der Waals surface area (Å²) in [5.41, 5.74) is 0.227. The molecule has 0 aromatic heterocycles. The number of nitriles is 1. The van der Waals surface area contributed by atoms with Crippen LogP contribution in [0.15, 0.2) is 24.3 Å². The summed E-state index contributed by atoms with van der Waals surface area (Å²) in [5.74, 6) is -0.995. The van der Waals surface area contributed by atoms with Crippen LogP contribution in [0.2, 0.25) is 0 Å². The molecular weight excluding hydrogens is 232 g/mol. The Hall–Kier alpha value is -2.06. The van der Waals surface area contributed by atoms with E-state index >= 15 is 0 Å². The molecule has 0 radical (unpaired) electrons. The molecule has 1 saturated heterocycles. The number of carboxylic acids is 1. The third-order valence-corrected chi connectivity index (χ3v) is 3.15. The van der Waals surface area contributed by atoms with E-state index in [1.54, 1.807) is 18.2 Å². The predicted molar refractivity (Wildman–Crippen MR) is 65.2 cm³/mol. The van der Waals surface area contributed by atoms with Crippen molar-refractivity contribution in [3.63, 3.8) is 0 Å². The van der Waals surface area contributed by atoms with Gasteiger partial charge in [-0.3, -0.25) is 4.79 Å². The lowest BCUT2D eigenvalue weighted by Crippen LogP contribution is -2.35. The summed E-state index contributed by atoms with van der Waals surface area (Å²) in [4.78, 5) is 12.6. The van der Waals surface area contributed by atoms with Crippen LogP contribution in [-0.2, 0) is 4.79 Å². The minimum absolute atomic E-state index is 0.249. The van der Waals surface area contributed by atoms with E-state index in [2.05, 4.69) is 6.07 Å². The quantitative estimate of drug-likeness (QED) is 0.830. The highest BCUT2D eigenvalue weighted by Crippen LogP contribution is 2.29. The molecule has 0 saturated carbocycles. The van der Waals surface area contributed by atoms with Crippen LogP contribution < -0.4 is 4.90 Å². The van der Waals surface area contributed by atoms with Crippen molar-refractivity contribution in [1.82, 2.24) is 0 Å². The Labute approximate surface area is 105 Å². The van der Waals surface area contributed by atoms with Gasteiger partial charge in [0.05, 0.1) is 23.7 Å². The first kappa shape index (κ1) is 12.4. The van der Waals surface area contributed by atoms with E-state index in [0.717, 1.165) is 5.69 Å². The van der Waals surface area contributed by atoms with Crippen LogP contribution in [0.4, 0.5) is 5.69 Å². The molecule has 1 aromatic rings. The van der Waals surface area contributed by atoms with Crippen LogP contribution >= 0.6 is 0 Å². The Balaban J connectivity index is 2.13. The van der Waals surface area contributed by atoms with Gasteiger partial charge in [-0.25, -0.2) is 0 Å². The van der Waals surface area contributed by atoms with Crippen molar-refractivity contribution in [2.45, 2.75) is 18.4 Å². The lowest BCUT2D eigenvalue weighted by molar-refractivity contribution is -0.141. The Morgan fingerprint density at radius 3 is 3.00 bits per heavy atom. The highest BCUT2D eigenvalue weighted by atomic mass is 16.4. The molecular formula is C13H14N2O3. The molecule has 1 unspecified atom stereocenters. The first-order valence-electron chi connectivity index (χ1n) is 5.72. The fraction of sp³-hybridized carbons (Fsp3) is 0.385. The van der Waals surface area contributed by atoms with E-state index in [1.165, 1.54) is 0 Å². The van der Waals surface area contributed by atoms with Crippen LogP contribution in [0, 0.1) is 11.3 Å². The molecule has 18 heavy (non-hydrogen) atoms. The molecule has 0 amide bonds. The number of aliphatic carboxylic acids is 1. The number of nitrogens with zero attached hydrogens (tertiary/aromatic N) is 2. The van der Waals surface area contributed by atoms with Crippen molar-refractivity contribution >= 4 is 11.7 Å². The van der Waals surface area contributed by atoms with Crippen LogP contribution in [0.3, 0.4) is 0 Å². The third kappa shape index (κ3) is 2.60. The molecule has 94 valence electrons. The van der Waals surface area contributed by atoms with Gasteiger partial charge >= 0.3 is 5.97 Å². The van der Waals surface area contributed by atoms with Gasteiger partial charge in [-0.05, 0) is 24.6 Å². The minimum atomic E-state index is -1.17. The van der Waals surface area contributed by atoms with E-state index in [9.17, 15) is 9.90 Å². The van der Waals surface area contributed by atoms with Gasteiger partial charge in [0.1, 0.15) is 0 Å². The summed E-state index contributed by atoms with van der Waals surface area (Å²) in [5, 5.41) is 27.7. The maximum Gasteiger partial charge on any atom is 0.306 e. The van der Waals surface area contributed by atoms with Crippen molar-refractivity contribution in [2.75, 3.05) is 18.0 Å². The highest BCUT2D eigenvalue weighted by molar-refractivity contribution is 5.68. The SMILES string of the molecule is N#Cc1cccc(N2CCC(O)(CC(=O)O)C2)c1. The fourth-order valence-electron chi connectivity index (χ4n) is 2.27. The van der Waals surface area contributed by atoms with E-state index < -0.39 is 11.6 Å². The van der Waals surface area contributed by atoms with Gasteiger partial charge < -0.3 is 15.1 Å². The van der Waals surface area contributed by atoms with Gasteiger partial charge in [0.25, 0.3) is 0 Å². The topological polar surface area (TPSA) is 84.6 Å². The Morgan fingerprint density at radius 1 is 1.56 bits per heavy atom. The largest absolute Gasteiger partial charge is 0.481 e. The van der Waals surface area contributed by atoms with Crippen molar-refractivity contribution in [3.8, 4) is 6.07 Å². The number of hydrogen-bond donors (Lipinski definition) is 2. The molecule has 0 spiro atoms. The standard InChI is InChI=1S/C13H14N2O3/c14-8-10-2-1-3-11(6-10)15-5-4-13(18,9-15)7-12(16)17/h1-3,6,18H,4-5,7,9H2,(H,16,17). The van der Waals surface area contributed by atoms with Crippen LogP contribution in [0.5, 0.6) is 0 Å². The summed E-state index contributed by atoms with van der Waals surface area (Å²) in [6, 6.07) is 9.15. The highest BCUT2D eigenvalue weighted by Gasteiger charge is 2.38. The van der Waals surface area contributed by atoms with E-state index in [4.69, 9.17) is 10.4 Å². The number of β-amino-alcohol motifs (C(OH)–C–C–N with tert-alkyl or cyclic N) is 1. The fourth-order valence-corrected chi connectivity index (χ4v) is 2.27. The van der Waals surface area contributed by atoms with Crippen molar-refractivity contribution in [1.29, 1.82) is 5.26 Å². The Kier molecular flexibility index (Phi) is 3.21. The second-order valence-corrected chi connectivity index (χ2v) is 4.63. The van der Waals surface area contributed by atoms with E-state index in [0.29, 0.717) is 18.5 Å². The molecule has 5 nitrogen and oxygen atoms in total. The minimum Gasteiger partial charge on any atom is -0.481 e. The normalized spacial score (nSPS) is 22.8. The zero-order valence-electron chi connectivity index (χ0n) is 9.83. The summed E-state index contributed by atoms with van der Waals surface area (Å²) in [6.07, 6.45) is 0.178. The molecule has 2 rings (SSSR count). The summed E-state index contributed by atoms with van der Waals surface area (Å²) in [6.45, 7) is 0.882. The van der Waals surface area contributed by atoms with Gasteiger partial charge in [-0.2, -0.15) is 5.26 Å². The number of carboxylic acid groups (broad SMARTS) is 1. The predicted octanol–water partition coefficient (Wildman–Crippen LogP) is 0.974. The molecule has 1 atom stereocenters. The number of aliphatic hydroxyl groups is 1. The van der Waals surface area contributed by atoms with Gasteiger partial charge in [0, 0.05) is 18.8 Å². The first-order valence-corrected chi connectivity index (χ1v) is 5.72. The summed E-state index contributed by atoms with van der Waals surface area (Å²) in [7, 11) is 0. The Morgan fingerprint density at radius 2 is 2.33 bits per heavy atom. The first-order chi connectivity index (χ1) is 8.52. The maximum atomic E-state index is 10.7. The molecule has 2 N–H and O–H groups in total. The zero-order chi connectivity index (χ0) is 13.2. The maximum absolute atomic E-state index is 10.7. The zero-order valence-corrected chi connectivity index (χ0v) is 9.83. The molecule has 1 heterocycles. The monoisotopic (exact) mass is 246 g/mol. The number of anilines is 1. The number of carbonyl (C=O) groups is 1. The number of rotatable bonds is 3. The van der Waals surface area contributed by atoms with Gasteiger partial charge in [-0.1, -0.05) is 6.07 Å². The second-order valence-electron chi connectivity index (χ2n) is 4.63. The molecule has 1 aromatic carbocycles. The van der Waals surface area contributed by atoms with Crippen LogP contribution in [-0.4, -0.2) is 34.9 Å². The molecule has 1 fully saturated rings. The average Bonchev–Trinajstić information content (AvgIpc) is 2.70. The van der Waals surface area contributed by atoms with E-state index in [1.807, 2.05) is 11.0 Å². The molecule has 0 bridgehead atoms. The molecule has 1 aliphatic heterocycles. The van der Waals surface area contributed by atoms with Crippen LogP contribution in [0.1, 0.15) is 18.4 Å². The molecule has 5 heteroatoms. The van der Waals surface area contributed by atoms with Gasteiger partial charge in [-0.15, -0.1) is 0 Å². The van der Waals surface area contributed by atoms with Crippen molar-refractivity contribution in [3.05, 3.63) is 29.8 Å². The lowest BCUT2D eigenvalue weighted by atomic mass is 9.99. The number of hydrogen-bond acceptors (Lipinski definition) is 4. The lowest BCUT2D eigenvalue weighted by Gasteiger charge is -2.22. The van der Waals surface area contributed by atoms with Gasteiger partial charge in [0.2, 0.25) is 0 Å². The smallest absolute Gasteiger partial charge is 0.306 e. The number of benzene rings is 1. The van der Waals surface area contributed by atoms with Gasteiger partial charge in [0.15, 0.2) is 0 Å². The van der Waals surface area contributed by atoms with E-state index in [-0.39, 0.29) is 13.0 Å². The summed E-state index contributed by atoms with van der Waals surface area (Å²) >= 11 is 0. The third-order valence-electron chi connectivity index (χ3n) is 3.15. The van der Waals surface area contributed by atoms with Crippen molar-refractivity contribution in [2.24, 2.45) is 0 Å². The van der Waals surface area contributed by atoms with Crippen LogP contribution in [0.25, 0.3) is 0 Å². The molecule has 0 aliphatic carbocycles. The molecule has 1 aliphatic rings. The Bertz CT molecular complexity index is 509. The average molecular weight is 246 g/mol. The summed E-state index contributed by atoms with van der Waals surface area (Å²) < 4.78 is 0. The second kappa shape index (κ2) is 4.67. The van der Waals surface area contributed by atoms with Crippen molar-refractivity contribution < 1.29 is 15.0 Å².